The van der Waals surface area contributed by atoms with Crippen LogP contribution in [-0.2, 0) is 0 Å². The quantitative estimate of drug-likeness (QED) is 0.903. The van der Waals surface area contributed by atoms with Gasteiger partial charge in [0.2, 0.25) is 0 Å². The largest absolute Gasteiger partial charge is 0.497 e. The number of nitrogens with zero attached hydrogens (tertiary/aromatic N) is 1. The van der Waals surface area contributed by atoms with Crippen molar-refractivity contribution in [3.05, 3.63) is 29.8 Å². The van der Waals surface area contributed by atoms with E-state index >= 15 is 0 Å². The molecular formula is C16H26N2O. The zero-order valence-electron chi connectivity index (χ0n) is 12.4. The van der Waals surface area contributed by atoms with Gasteiger partial charge in [0.25, 0.3) is 0 Å². The number of ether oxygens (including phenoxy) is 1. The van der Waals surface area contributed by atoms with E-state index in [0.29, 0.717) is 12.1 Å². The van der Waals surface area contributed by atoms with Crippen LogP contribution in [0.3, 0.4) is 0 Å². The maximum absolute atomic E-state index is 5.20. The summed E-state index contributed by atoms with van der Waals surface area (Å²) in [6.45, 7) is 4.68. The van der Waals surface area contributed by atoms with Crippen LogP contribution in [0.5, 0.6) is 5.75 Å². The van der Waals surface area contributed by atoms with E-state index in [4.69, 9.17) is 4.74 Å². The molecule has 1 aliphatic rings. The summed E-state index contributed by atoms with van der Waals surface area (Å²) in [5.74, 6) is 0.923. The Kier molecular flexibility index (Phi) is 5.23. The zero-order chi connectivity index (χ0) is 13.7. The normalized spacial score (nSPS) is 22.8. The first-order valence-corrected chi connectivity index (χ1v) is 7.27. The van der Waals surface area contributed by atoms with Crippen LogP contribution in [0, 0.1) is 0 Å². The van der Waals surface area contributed by atoms with E-state index in [1.165, 1.54) is 37.9 Å². The summed E-state index contributed by atoms with van der Waals surface area (Å²) < 4.78 is 5.20. The molecule has 1 heterocycles. The van der Waals surface area contributed by atoms with Gasteiger partial charge in [0.1, 0.15) is 5.75 Å². The molecule has 2 rings (SSSR count). The lowest BCUT2D eigenvalue weighted by Crippen LogP contribution is -2.32. The molecule has 0 amide bonds. The molecule has 3 heteroatoms. The molecule has 0 radical (unpaired) electrons. The van der Waals surface area contributed by atoms with Crippen LogP contribution < -0.4 is 10.1 Å². The summed E-state index contributed by atoms with van der Waals surface area (Å²) in [4.78, 5) is 2.43. The van der Waals surface area contributed by atoms with Gasteiger partial charge in [-0.2, -0.15) is 0 Å². The van der Waals surface area contributed by atoms with E-state index in [2.05, 4.69) is 36.3 Å². The van der Waals surface area contributed by atoms with Crippen molar-refractivity contribution in [3.8, 4) is 5.75 Å². The number of rotatable bonds is 4. The molecular weight excluding hydrogens is 236 g/mol. The van der Waals surface area contributed by atoms with Gasteiger partial charge in [-0.25, -0.2) is 0 Å². The smallest absolute Gasteiger partial charge is 0.118 e. The maximum Gasteiger partial charge on any atom is 0.118 e. The highest BCUT2D eigenvalue weighted by atomic mass is 16.5. The summed E-state index contributed by atoms with van der Waals surface area (Å²) in [6, 6.07) is 9.42. The Morgan fingerprint density at radius 2 is 1.95 bits per heavy atom. The molecule has 1 saturated heterocycles. The Morgan fingerprint density at radius 1 is 1.21 bits per heavy atom. The lowest BCUT2D eigenvalue weighted by Gasteiger charge is -2.22. The van der Waals surface area contributed by atoms with Gasteiger partial charge in [-0.15, -0.1) is 0 Å². The lowest BCUT2D eigenvalue weighted by atomic mass is 10.0. The highest BCUT2D eigenvalue weighted by molar-refractivity contribution is 5.28. The molecule has 1 aromatic rings. The number of methoxy groups -OCH3 is 1. The van der Waals surface area contributed by atoms with Crippen molar-refractivity contribution < 1.29 is 4.74 Å². The fourth-order valence-corrected chi connectivity index (χ4v) is 2.75. The van der Waals surface area contributed by atoms with Crippen LogP contribution in [0.15, 0.2) is 24.3 Å². The van der Waals surface area contributed by atoms with Crippen LogP contribution >= 0.6 is 0 Å². The van der Waals surface area contributed by atoms with Crippen molar-refractivity contribution in [1.82, 2.24) is 10.2 Å². The van der Waals surface area contributed by atoms with Crippen molar-refractivity contribution in [1.29, 1.82) is 0 Å². The van der Waals surface area contributed by atoms with E-state index in [9.17, 15) is 0 Å². The monoisotopic (exact) mass is 262 g/mol. The first kappa shape index (κ1) is 14.4. The molecule has 0 bridgehead atoms. The number of likely N-dealkylation sites (tertiary alicyclic amines) is 1. The van der Waals surface area contributed by atoms with Gasteiger partial charge in [0.15, 0.2) is 0 Å². The Bertz CT molecular complexity index is 377. The second-order valence-corrected chi connectivity index (χ2v) is 5.59. The van der Waals surface area contributed by atoms with Crippen molar-refractivity contribution in [2.45, 2.75) is 38.3 Å². The Balaban J connectivity index is 1.90. The summed E-state index contributed by atoms with van der Waals surface area (Å²) in [5, 5.41) is 3.77. The van der Waals surface area contributed by atoms with E-state index in [1.54, 1.807) is 7.11 Å². The average Bonchev–Trinajstić information content (AvgIpc) is 2.64. The third-order valence-electron chi connectivity index (χ3n) is 4.05. The molecule has 0 saturated carbocycles. The van der Waals surface area contributed by atoms with Gasteiger partial charge in [-0.1, -0.05) is 12.1 Å². The highest BCUT2D eigenvalue weighted by Crippen LogP contribution is 2.19. The molecule has 106 valence electrons. The molecule has 2 unspecified atom stereocenters. The van der Waals surface area contributed by atoms with Crippen LogP contribution in [-0.4, -0.2) is 38.2 Å². The van der Waals surface area contributed by atoms with Crippen LogP contribution in [0.2, 0.25) is 0 Å². The Hall–Kier alpha value is -1.06. The third-order valence-corrected chi connectivity index (χ3v) is 4.05. The van der Waals surface area contributed by atoms with Gasteiger partial charge in [0.05, 0.1) is 7.11 Å². The zero-order valence-corrected chi connectivity index (χ0v) is 12.4. The fourth-order valence-electron chi connectivity index (χ4n) is 2.75. The summed E-state index contributed by atoms with van der Waals surface area (Å²) in [5.41, 5.74) is 1.33. The molecule has 1 aliphatic heterocycles. The summed E-state index contributed by atoms with van der Waals surface area (Å²) in [7, 11) is 3.92. The van der Waals surface area contributed by atoms with Crippen molar-refractivity contribution in [3.63, 3.8) is 0 Å². The molecule has 0 spiro atoms. The molecule has 3 nitrogen and oxygen atoms in total. The van der Waals surface area contributed by atoms with Crippen LogP contribution in [0.4, 0.5) is 0 Å². The fraction of sp³-hybridized carbons (Fsp3) is 0.625. The third kappa shape index (κ3) is 4.22. The Morgan fingerprint density at radius 3 is 2.63 bits per heavy atom. The number of hydrogen-bond donors (Lipinski definition) is 1. The minimum atomic E-state index is 0.402. The predicted molar refractivity (Wildman–Crippen MR) is 79.7 cm³/mol. The lowest BCUT2D eigenvalue weighted by molar-refractivity contribution is 0.340. The Labute approximate surface area is 116 Å². The number of nitrogens with one attached hydrogen (secondary N) is 1. The van der Waals surface area contributed by atoms with E-state index in [1.807, 2.05) is 12.1 Å². The molecule has 1 N–H and O–H groups in total. The minimum Gasteiger partial charge on any atom is -0.497 e. The highest BCUT2D eigenvalue weighted by Gasteiger charge is 2.17. The second kappa shape index (κ2) is 6.92. The maximum atomic E-state index is 5.20. The average molecular weight is 262 g/mol. The van der Waals surface area contributed by atoms with Gasteiger partial charge >= 0.3 is 0 Å². The van der Waals surface area contributed by atoms with Crippen molar-refractivity contribution in [2.24, 2.45) is 0 Å². The SMILES string of the molecule is COc1ccc(C(C)NC2CCCN(C)CC2)cc1. The van der Waals surface area contributed by atoms with Crippen molar-refractivity contribution in [2.75, 3.05) is 27.2 Å². The topological polar surface area (TPSA) is 24.5 Å². The second-order valence-electron chi connectivity index (χ2n) is 5.59. The van der Waals surface area contributed by atoms with Gasteiger partial charge in [-0.05, 0) is 64.0 Å². The van der Waals surface area contributed by atoms with E-state index in [0.717, 1.165) is 5.75 Å². The van der Waals surface area contributed by atoms with E-state index < -0.39 is 0 Å². The molecule has 1 fully saturated rings. The van der Waals surface area contributed by atoms with Gasteiger partial charge in [-0.3, -0.25) is 0 Å². The molecule has 19 heavy (non-hydrogen) atoms. The first-order valence-electron chi connectivity index (χ1n) is 7.27. The first-order chi connectivity index (χ1) is 9.19. The van der Waals surface area contributed by atoms with Gasteiger partial charge < -0.3 is 15.0 Å². The number of hydrogen-bond acceptors (Lipinski definition) is 3. The molecule has 0 aliphatic carbocycles. The molecule has 1 aromatic carbocycles. The van der Waals surface area contributed by atoms with E-state index in [-0.39, 0.29) is 0 Å². The number of benzene rings is 1. The van der Waals surface area contributed by atoms with Crippen LogP contribution in [0.25, 0.3) is 0 Å². The summed E-state index contributed by atoms with van der Waals surface area (Å²) in [6.07, 6.45) is 3.82. The van der Waals surface area contributed by atoms with Gasteiger partial charge in [0, 0.05) is 12.1 Å². The standard InChI is InChI=1S/C16H26N2O/c1-13(14-6-8-16(19-3)9-7-14)17-15-5-4-11-18(2)12-10-15/h6-9,13,15,17H,4-5,10-12H2,1-3H3. The van der Waals surface area contributed by atoms with Crippen LogP contribution in [0.1, 0.15) is 37.8 Å². The molecule has 2 atom stereocenters. The van der Waals surface area contributed by atoms with Crippen molar-refractivity contribution >= 4 is 0 Å². The predicted octanol–water partition coefficient (Wildman–Crippen LogP) is 2.83. The minimum absolute atomic E-state index is 0.402. The summed E-state index contributed by atoms with van der Waals surface area (Å²) >= 11 is 0. The molecule has 0 aromatic heterocycles.